The molecule has 3 aromatic rings. The molecule has 1 aromatic carbocycles. The maximum atomic E-state index is 13.2. The van der Waals surface area contributed by atoms with E-state index in [9.17, 15) is 4.79 Å². The number of nitrogens with two attached hydrogens (primary N) is 1. The first-order valence-corrected chi connectivity index (χ1v) is 10.9. The summed E-state index contributed by atoms with van der Waals surface area (Å²) in [7, 11) is 3.51. The molecule has 31 heavy (non-hydrogen) atoms. The largest absolute Gasteiger partial charge is 0.399 e. The van der Waals surface area contributed by atoms with Gasteiger partial charge in [-0.1, -0.05) is 24.3 Å². The molecule has 1 amide bonds. The SMILES string of the molecule is CN1C(=N)N[C@](C)(c2cc(-c3cccc(N)c3)cs2)C(C/C=C/c2cnn(C)c2)C1=O. The maximum absolute atomic E-state index is 13.2. The lowest BCUT2D eigenvalue weighted by atomic mass is 9.79. The van der Waals surface area contributed by atoms with Crippen molar-refractivity contribution in [3.8, 4) is 11.1 Å². The fraction of sp³-hybridized carbons (Fsp3) is 0.261. The molecule has 0 radical (unpaired) electrons. The van der Waals surface area contributed by atoms with E-state index in [-0.39, 0.29) is 17.8 Å². The summed E-state index contributed by atoms with van der Waals surface area (Å²) in [6, 6.07) is 9.85. The quantitative estimate of drug-likeness (QED) is 0.534. The number of carbonyl (C=O) groups is 1. The van der Waals surface area contributed by atoms with Gasteiger partial charge >= 0.3 is 0 Å². The zero-order chi connectivity index (χ0) is 22.2. The predicted octanol–water partition coefficient (Wildman–Crippen LogP) is 3.66. The Morgan fingerprint density at radius 3 is 2.84 bits per heavy atom. The van der Waals surface area contributed by atoms with Crippen LogP contribution in [0.4, 0.5) is 5.69 Å². The Morgan fingerprint density at radius 1 is 1.32 bits per heavy atom. The second-order valence-corrected chi connectivity index (χ2v) is 8.95. The number of carbonyl (C=O) groups excluding carboxylic acids is 1. The molecule has 7 nitrogen and oxygen atoms in total. The van der Waals surface area contributed by atoms with Gasteiger partial charge in [-0.2, -0.15) is 5.10 Å². The summed E-state index contributed by atoms with van der Waals surface area (Å²) >= 11 is 1.59. The number of aryl methyl sites for hydroxylation is 1. The van der Waals surface area contributed by atoms with E-state index in [0.29, 0.717) is 12.1 Å². The summed E-state index contributed by atoms with van der Waals surface area (Å²) in [4.78, 5) is 15.6. The molecule has 1 aliphatic heterocycles. The zero-order valence-electron chi connectivity index (χ0n) is 17.8. The summed E-state index contributed by atoms with van der Waals surface area (Å²) in [5.41, 5.74) is 9.05. The van der Waals surface area contributed by atoms with Crippen LogP contribution >= 0.6 is 11.3 Å². The number of rotatable bonds is 5. The number of guanidine groups is 1. The molecule has 1 saturated heterocycles. The van der Waals surface area contributed by atoms with Crippen LogP contribution in [-0.2, 0) is 17.4 Å². The molecule has 0 saturated carbocycles. The van der Waals surface area contributed by atoms with Crippen LogP contribution < -0.4 is 11.1 Å². The molecule has 160 valence electrons. The minimum atomic E-state index is -0.691. The fourth-order valence-corrected chi connectivity index (χ4v) is 5.01. The molecule has 2 atom stereocenters. The van der Waals surface area contributed by atoms with E-state index in [0.717, 1.165) is 21.6 Å². The van der Waals surface area contributed by atoms with Gasteiger partial charge in [0.1, 0.15) is 0 Å². The number of benzene rings is 1. The number of nitrogens with zero attached hydrogens (tertiary/aromatic N) is 3. The topological polar surface area (TPSA) is 100 Å². The summed E-state index contributed by atoms with van der Waals surface area (Å²) in [5.74, 6) is -0.313. The minimum absolute atomic E-state index is 0.0685. The monoisotopic (exact) mass is 434 g/mol. The fourth-order valence-electron chi connectivity index (χ4n) is 3.92. The highest BCUT2D eigenvalue weighted by atomic mass is 32.1. The van der Waals surface area contributed by atoms with Crippen LogP contribution in [0.3, 0.4) is 0 Å². The second kappa shape index (κ2) is 8.03. The summed E-state index contributed by atoms with van der Waals surface area (Å²) in [6.07, 6.45) is 8.24. The van der Waals surface area contributed by atoms with Crippen LogP contribution in [0.2, 0.25) is 0 Å². The van der Waals surface area contributed by atoms with Crippen molar-refractivity contribution in [2.75, 3.05) is 12.8 Å². The highest BCUT2D eigenvalue weighted by Gasteiger charge is 2.47. The maximum Gasteiger partial charge on any atom is 0.235 e. The van der Waals surface area contributed by atoms with Gasteiger partial charge in [-0.15, -0.1) is 11.3 Å². The number of nitrogens with one attached hydrogen (secondary N) is 2. The highest BCUT2D eigenvalue weighted by Crippen LogP contribution is 2.41. The number of hydrogen-bond acceptors (Lipinski definition) is 5. The first-order chi connectivity index (χ1) is 14.8. The molecule has 4 N–H and O–H groups in total. The lowest BCUT2D eigenvalue weighted by Crippen LogP contribution is -2.63. The third-order valence-corrected chi connectivity index (χ3v) is 6.94. The average molecular weight is 435 g/mol. The van der Waals surface area contributed by atoms with Gasteiger partial charge in [-0.25, -0.2) is 0 Å². The van der Waals surface area contributed by atoms with Crippen LogP contribution in [0, 0.1) is 11.3 Å². The van der Waals surface area contributed by atoms with Gasteiger partial charge < -0.3 is 11.1 Å². The van der Waals surface area contributed by atoms with E-state index in [4.69, 9.17) is 11.1 Å². The third-order valence-electron chi connectivity index (χ3n) is 5.78. The normalized spacial score (nSPS) is 21.6. The number of nitrogen functional groups attached to an aromatic ring is 1. The number of thiophene rings is 1. The van der Waals surface area contributed by atoms with Gasteiger partial charge in [-0.3, -0.25) is 19.8 Å². The lowest BCUT2D eigenvalue weighted by molar-refractivity contribution is -0.135. The van der Waals surface area contributed by atoms with Crippen molar-refractivity contribution >= 4 is 35.0 Å². The number of aromatic nitrogens is 2. The van der Waals surface area contributed by atoms with Gasteiger partial charge in [0.15, 0.2) is 5.96 Å². The standard InChI is InChI=1S/C23H26N6OS/c1-23(20-11-17(14-31-20)16-7-5-8-18(24)10-16)19(21(30)29(3)22(25)27-23)9-4-6-15-12-26-28(2)13-15/h4-8,10-14,19H,9,24H2,1-3H3,(H2,25,27)/b6-4+/t19?,23-/m0/s1. The van der Waals surface area contributed by atoms with Gasteiger partial charge in [0, 0.05) is 36.4 Å². The highest BCUT2D eigenvalue weighted by molar-refractivity contribution is 7.10. The van der Waals surface area contributed by atoms with Gasteiger partial charge in [0.2, 0.25) is 5.91 Å². The molecule has 1 unspecified atom stereocenters. The predicted molar refractivity (Wildman–Crippen MR) is 126 cm³/mol. The first-order valence-electron chi connectivity index (χ1n) is 10.0. The molecule has 8 heteroatoms. The molecule has 3 heterocycles. The van der Waals surface area contributed by atoms with Gasteiger partial charge in [0.05, 0.1) is 17.7 Å². The van der Waals surface area contributed by atoms with Crippen molar-refractivity contribution in [3.05, 3.63) is 64.6 Å². The van der Waals surface area contributed by atoms with Crippen molar-refractivity contribution in [2.45, 2.75) is 18.9 Å². The number of amides is 1. The van der Waals surface area contributed by atoms with E-state index in [1.54, 1.807) is 29.3 Å². The Balaban J connectivity index is 1.66. The van der Waals surface area contributed by atoms with Crippen molar-refractivity contribution in [1.29, 1.82) is 5.41 Å². The number of hydrogen-bond donors (Lipinski definition) is 3. The Bertz CT molecular complexity index is 1160. The smallest absolute Gasteiger partial charge is 0.235 e. The Kier molecular flexibility index (Phi) is 5.41. The molecule has 0 spiro atoms. The summed E-state index contributed by atoms with van der Waals surface area (Å²) in [5, 5.41) is 17.8. The number of allylic oxidation sites excluding steroid dienone is 1. The molecular formula is C23H26N6OS. The molecule has 4 rings (SSSR count). The zero-order valence-corrected chi connectivity index (χ0v) is 18.6. The Labute approximate surface area is 185 Å². The van der Waals surface area contributed by atoms with Crippen LogP contribution in [0.5, 0.6) is 0 Å². The lowest BCUT2D eigenvalue weighted by Gasteiger charge is -2.44. The van der Waals surface area contributed by atoms with E-state index >= 15 is 0 Å². The van der Waals surface area contributed by atoms with Crippen molar-refractivity contribution < 1.29 is 4.79 Å². The van der Waals surface area contributed by atoms with Crippen LogP contribution in [0.25, 0.3) is 17.2 Å². The van der Waals surface area contributed by atoms with E-state index in [1.807, 2.05) is 56.6 Å². The van der Waals surface area contributed by atoms with Gasteiger partial charge in [0.25, 0.3) is 0 Å². The minimum Gasteiger partial charge on any atom is -0.399 e. The van der Waals surface area contributed by atoms with Gasteiger partial charge in [-0.05, 0) is 48.1 Å². The van der Waals surface area contributed by atoms with Crippen LogP contribution in [0.1, 0.15) is 23.8 Å². The van der Waals surface area contributed by atoms with Crippen molar-refractivity contribution in [1.82, 2.24) is 20.0 Å². The van der Waals surface area contributed by atoms with Crippen molar-refractivity contribution in [2.24, 2.45) is 13.0 Å². The molecule has 1 fully saturated rings. The Hall–Kier alpha value is -3.39. The molecule has 0 aliphatic carbocycles. The average Bonchev–Trinajstić information content (AvgIpc) is 3.39. The Morgan fingerprint density at radius 2 is 2.13 bits per heavy atom. The van der Waals surface area contributed by atoms with E-state index < -0.39 is 5.54 Å². The van der Waals surface area contributed by atoms with Crippen LogP contribution in [-0.4, -0.2) is 33.6 Å². The number of anilines is 1. The summed E-state index contributed by atoms with van der Waals surface area (Å²) < 4.78 is 1.75. The van der Waals surface area contributed by atoms with Crippen LogP contribution in [0.15, 0.2) is 54.2 Å². The summed E-state index contributed by atoms with van der Waals surface area (Å²) in [6.45, 7) is 2.00. The third kappa shape index (κ3) is 3.98. The molecule has 1 aliphatic rings. The molecule has 2 aromatic heterocycles. The second-order valence-electron chi connectivity index (χ2n) is 8.04. The van der Waals surface area contributed by atoms with E-state index in [1.165, 1.54) is 4.90 Å². The van der Waals surface area contributed by atoms with E-state index in [2.05, 4.69) is 21.9 Å². The molecular weight excluding hydrogens is 408 g/mol. The first kappa shape index (κ1) is 20.9. The van der Waals surface area contributed by atoms with Crippen molar-refractivity contribution in [3.63, 3.8) is 0 Å². The molecule has 0 bridgehead atoms.